The highest BCUT2D eigenvalue weighted by molar-refractivity contribution is 6.08. The first-order chi connectivity index (χ1) is 10.6. The third-order valence-corrected chi connectivity index (χ3v) is 4.43. The van der Waals surface area contributed by atoms with E-state index in [9.17, 15) is 10.1 Å². The van der Waals surface area contributed by atoms with E-state index in [1.54, 1.807) is 0 Å². The molecule has 2 aromatic carbocycles. The van der Waals surface area contributed by atoms with Gasteiger partial charge in [-0.05, 0) is 36.6 Å². The summed E-state index contributed by atoms with van der Waals surface area (Å²) in [6.45, 7) is 4.43. The Bertz CT molecular complexity index is 761. The minimum atomic E-state index is -0.746. The van der Waals surface area contributed by atoms with Gasteiger partial charge < -0.3 is 4.90 Å². The van der Waals surface area contributed by atoms with Crippen molar-refractivity contribution in [2.24, 2.45) is 0 Å². The number of hydrogen-bond donors (Lipinski definition) is 0. The van der Waals surface area contributed by atoms with Crippen LogP contribution in [0.4, 0.5) is 5.69 Å². The Balaban J connectivity index is 2.09. The van der Waals surface area contributed by atoms with Gasteiger partial charge in [0.25, 0.3) is 0 Å². The second kappa shape index (κ2) is 5.31. The first-order valence-electron chi connectivity index (χ1n) is 7.41. The Morgan fingerprint density at radius 3 is 2.55 bits per heavy atom. The Hall–Kier alpha value is -2.60. The maximum Gasteiger partial charge on any atom is 0.238 e. The predicted molar refractivity (Wildman–Crippen MR) is 86.4 cm³/mol. The van der Waals surface area contributed by atoms with E-state index in [-0.39, 0.29) is 12.3 Å². The van der Waals surface area contributed by atoms with Crippen molar-refractivity contribution in [3.05, 3.63) is 65.2 Å². The largest absolute Gasteiger partial charge is 0.307 e. The number of aryl methyl sites for hydroxylation is 1. The monoisotopic (exact) mass is 290 g/mol. The molecule has 0 saturated heterocycles. The van der Waals surface area contributed by atoms with E-state index in [2.05, 4.69) is 6.07 Å². The number of nitrogens with zero attached hydrogens (tertiary/aromatic N) is 2. The first-order valence-corrected chi connectivity index (χ1v) is 7.41. The van der Waals surface area contributed by atoms with Crippen LogP contribution in [0.2, 0.25) is 0 Å². The second-order valence-corrected chi connectivity index (χ2v) is 6.01. The first kappa shape index (κ1) is 14.3. The number of hydrogen-bond acceptors (Lipinski definition) is 2. The van der Waals surface area contributed by atoms with Crippen LogP contribution >= 0.6 is 0 Å². The van der Waals surface area contributed by atoms with Crippen molar-refractivity contribution in [2.45, 2.75) is 32.2 Å². The number of carbonyl (C=O) groups is 1. The van der Waals surface area contributed by atoms with Crippen molar-refractivity contribution >= 4 is 11.6 Å². The van der Waals surface area contributed by atoms with Gasteiger partial charge in [-0.3, -0.25) is 4.79 Å². The summed E-state index contributed by atoms with van der Waals surface area (Å²) in [7, 11) is 0. The molecule has 1 unspecified atom stereocenters. The van der Waals surface area contributed by atoms with Gasteiger partial charge in [0.05, 0.1) is 24.4 Å². The molecule has 1 aliphatic rings. The van der Waals surface area contributed by atoms with Gasteiger partial charge in [0, 0.05) is 5.69 Å². The van der Waals surface area contributed by atoms with E-state index >= 15 is 0 Å². The molecule has 1 aliphatic heterocycles. The molecule has 1 amide bonds. The average Bonchev–Trinajstić information content (AvgIpc) is 2.72. The molecule has 0 aliphatic carbocycles. The lowest BCUT2D eigenvalue weighted by molar-refractivity contribution is -0.122. The number of fused-ring (bicyclic) bond motifs is 1. The van der Waals surface area contributed by atoms with Crippen LogP contribution in [-0.2, 0) is 16.8 Å². The summed E-state index contributed by atoms with van der Waals surface area (Å²) in [5.41, 5.74) is 3.34. The molecule has 1 atom stereocenters. The molecule has 0 saturated carbocycles. The van der Waals surface area contributed by atoms with Crippen molar-refractivity contribution in [3.8, 4) is 6.07 Å². The summed E-state index contributed by atoms with van der Waals surface area (Å²) >= 11 is 0. The molecule has 0 fully saturated rings. The van der Waals surface area contributed by atoms with Crippen LogP contribution in [0.3, 0.4) is 0 Å². The standard InChI is InChI=1S/C19H18N2O/c1-14-7-6-10-16-17(14)19(2,11-12-20)18(22)21(16)13-15-8-4-3-5-9-15/h3-10H,11,13H2,1-2H3. The third kappa shape index (κ3) is 2.08. The van der Waals surface area contributed by atoms with Gasteiger partial charge in [-0.15, -0.1) is 0 Å². The molecule has 2 aromatic rings. The lowest BCUT2D eigenvalue weighted by Crippen LogP contribution is -2.37. The highest BCUT2D eigenvalue weighted by Gasteiger charge is 2.48. The minimum absolute atomic E-state index is 0.0159. The van der Waals surface area contributed by atoms with Gasteiger partial charge in [-0.1, -0.05) is 42.5 Å². The van der Waals surface area contributed by atoms with Crippen LogP contribution in [-0.4, -0.2) is 5.91 Å². The molecule has 0 spiro atoms. The fourth-order valence-corrected chi connectivity index (χ4v) is 3.35. The van der Waals surface area contributed by atoms with Gasteiger partial charge in [0.15, 0.2) is 0 Å². The maximum atomic E-state index is 13.0. The van der Waals surface area contributed by atoms with E-state index in [0.717, 1.165) is 22.4 Å². The van der Waals surface area contributed by atoms with Gasteiger partial charge in [-0.2, -0.15) is 5.26 Å². The van der Waals surface area contributed by atoms with Gasteiger partial charge in [0.1, 0.15) is 0 Å². The molecule has 0 bridgehead atoms. The average molecular weight is 290 g/mol. The molecule has 0 aromatic heterocycles. The van der Waals surface area contributed by atoms with E-state index in [1.807, 2.05) is 67.3 Å². The Morgan fingerprint density at radius 1 is 1.14 bits per heavy atom. The lowest BCUT2D eigenvalue weighted by atomic mass is 9.79. The molecule has 22 heavy (non-hydrogen) atoms. The third-order valence-electron chi connectivity index (χ3n) is 4.43. The molecule has 110 valence electrons. The lowest BCUT2D eigenvalue weighted by Gasteiger charge is -2.22. The van der Waals surface area contributed by atoms with Crippen LogP contribution < -0.4 is 4.90 Å². The summed E-state index contributed by atoms with van der Waals surface area (Å²) in [5.74, 6) is 0.0159. The molecule has 3 nitrogen and oxygen atoms in total. The molecule has 0 radical (unpaired) electrons. The predicted octanol–water partition coefficient (Wildman–Crippen LogP) is 3.71. The molecule has 1 heterocycles. The van der Waals surface area contributed by atoms with Crippen molar-refractivity contribution < 1.29 is 4.79 Å². The normalized spacial score (nSPS) is 19.9. The zero-order valence-corrected chi connectivity index (χ0v) is 12.8. The van der Waals surface area contributed by atoms with Crippen molar-refractivity contribution in [2.75, 3.05) is 4.90 Å². The van der Waals surface area contributed by atoms with E-state index < -0.39 is 5.41 Å². The van der Waals surface area contributed by atoms with Crippen molar-refractivity contribution in [1.82, 2.24) is 0 Å². The van der Waals surface area contributed by atoms with Crippen LogP contribution in [0, 0.1) is 18.3 Å². The summed E-state index contributed by atoms with van der Waals surface area (Å²) in [6.07, 6.45) is 0.203. The van der Waals surface area contributed by atoms with Crippen molar-refractivity contribution in [1.29, 1.82) is 5.26 Å². The molecule has 3 rings (SSSR count). The molecular formula is C19H18N2O. The van der Waals surface area contributed by atoms with Crippen LogP contribution in [0.5, 0.6) is 0 Å². The SMILES string of the molecule is Cc1cccc2c1C(C)(CC#N)C(=O)N2Cc1ccccc1. The van der Waals surface area contributed by atoms with E-state index in [4.69, 9.17) is 0 Å². The van der Waals surface area contributed by atoms with E-state index in [0.29, 0.717) is 6.54 Å². The summed E-state index contributed by atoms with van der Waals surface area (Å²) in [6, 6.07) is 18.1. The van der Waals surface area contributed by atoms with Crippen LogP contribution in [0.15, 0.2) is 48.5 Å². The number of benzene rings is 2. The number of nitriles is 1. The number of rotatable bonds is 3. The van der Waals surface area contributed by atoms with Gasteiger partial charge in [0.2, 0.25) is 5.91 Å². The summed E-state index contributed by atoms with van der Waals surface area (Å²) < 4.78 is 0. The van der Waals surface area contributed by atoms with Gasteiger partial charge >= 0.3 is 0 Å². The molecular weight excluding hydrogens is 272 g/mol. The molecule has 0 N–H and O–H groups in total. The number of carbonyl (C=O) groups excluding carboxylic acids is 1. The fourth-order valence-electron chi connectivity index (χ4n) is 3.35. The topological polar surface area (TPSA) is 44.1 Å². The quantitative estimate of drug-likeness (QED) is 0.865. The smallest absolute Gasteiger partial charge is 0.238 e. The number of anilines is 1. The van der Waals surface area contributed by atoms with Crippen LogP contribution in [0.25, 0.3) is 0 Å². The summed E-state index contributed by atoms with van der Waals surface area (Å²) in [4.78, 5) is 14.8. The maximum absolute atomic E-state index is 13.0. The van der Waals surface area contributed by atoms with E-state index in [1.165, 1.54) is 0 Å². The molecule has 3 heteroatoms. The Kier molecular flexibility index (Phi) is 3.46. The summed E-state index contributed by atoms with van der Waals surface area (Å²) in [5, 5.41) is 9.18. The van der Waals surface area contributed by atoms with Crippen molar-refractivity contribution in [3.63, 3.8) is 0 Å². The van der Waals surface area contributed by atoms with Crippen LogP contribution in [0.1, 0.15) is 30.0 Å². The minimum Gasteiger partial charge on any atom is -0.307 e. The number of amides is 1. The zero-order valence-electron chi connectivity index (χ0n) is 12.8. The fraction of sp³-hybridized carbons (Fsp3) is 0.263. The van der Waals surface area contributed by atoms with Gasteiger partial charge in [-0.25, -0.2) is 0 Å². The Labute approximate surface area is 130 Å². The zero-order chi connectivity index (χ0) is 15.7. The highest BCUT2D eigenvalue weighted by Crippen LogP contribution is 2.45. The Morgan fingerprint density at radius 2 is 1.86 bits per heavy atom. The second-order valence-electron chi connectivity index (χ2n) is 6.01. The highest BCUT2D eigenvalue weighted by atomic mass is 16.2.